The van der Waals surface area contributed by atoms with Crippen molar-refractivity contribution in [2.45, 2.75) is 76.0 Å². The van der Waals surface area contributed by atoms with Crippen molar-refractivity contribution in [1.82, 2.24) is 0 Å². The van der Waals surface area contributed by atoms with Crippen molar-refractivity contribution in [3.8, 4) is 5.75 Å². The zero-order chi connectivity index (χ0) is 30.2. The quantitative estimate of drug-likeness (QED) is 0.136. The Morgan fingerprint density at radius 2 is 1.80 bits per heavy atom. The molecule has 1 aliphatic heterocycles. The first-order chi connectivity index (χ1) is 19.5. The number of nitrogens with zero attached hydrogens (tertiary/aromatic N) is 1. The Kier molecular flexibility index (Phi) is 11.8. The van der Waals surface area contributed by atoms with E-state index in [0.29, 0.717) is 34.0 Å². The van der Waals surface area contributed by atoms with Gasteiger partial charge in [0.25, 0.3) is 0 Å². The third kappa shape index (κ3) is 8.35. The molecule has 1 unspecified atom stereocenters. The number of anilines is 3. The molecule has 2 N–H and O–H groups in total. The highest BCUT2D eigenvalue weighted by Gasteiger charge is 2.39. The highest BCUT2D eigenvalue weighted by atomic mass is 32.2. The smallest absolute Gasteiger partial charge is 0.368 e. The van der Waals surface area contributed by atoms with Crippen molar-refractivity contribution in [1.29, 1.82) is 0 Å². The molecular formula is C31H41FN2O5S2. The van der Waals surface area contributed by atoms with Crippen LogP contribution < -0.4 is 15.0 Å². The Labute approximate surface area is 249 Å². The van der Waals surface area contributed by atoms with E-state index in [2.05, 4.69) is 24.1 Å². The van der Waals surface area contributed by atoms with E-state index in [0.717, 1.165) is 49.9 Å². The first kappa shape index (κ1) is 32.7. The van der Waals surface area contributed by atoms with Gasteiger partial charge in [0.05, 0.1) is 26.3 Å². The van der Waals surface area contributed by atoms with Crippen LogP contribution in [0.2, 0.25) is 0 Å². The SMILES string of the molecule is CCCCC1(CCCC)CN(c2ccc(NC(=O)C(C)C)cc2)c2cc(SC)c(O/C=C(\F)C(=O)O)cc2S(=O)C1. The van der Waals surface area contributed by atoms with Gasteiger partial charge in [0.15, 0.2) is 0 Å². The number of thioether (sulfide) groups is 1. The van der Waals surface area contributed by atoms with Gasteiger partial charge in [-0.2, -0.15) is 4.39 Å². The molecule has 41 heavy (non-hydrogen) atoms. The van der Waals surface area contributed by atoms with Gasteiger partial charge < -0.3 is 20.1 Å². The first-order valence-corrected chi connectivity index (χ1v) is 16.6. The maximum Gasteiger partial charge on any atom is 0.368 e. The van der Waals surface area contributed by atoms with E-state index in [4.69, 9.17) is 9.84 Å². The van der Waals surface area contributed by atoms with Crippen LogP contribution in [0.4, 0.5) is 21.5 Å². The predicted molar refractivity (Wildman–Crippen MR) is 165 cm³/mol. The van der Waals surface area contributed by atoms with Gasteiger partial charge in [0.1, 0.15) is 12.0 Å². The molecule has 0 saturated heterocycles. The van der Waals surface area contributed by atoms with Gasteiger partial charge in [-0.05, 0) is 49.4 Å². The molecule has 1 atom stereocenters. The van der Waals surface area contributed by atoms with Crippen LogP contribution in [-0.4, -0.2) is 39.7 Å². The van der Waals surface area contributed by atoms with Gasteiger partial charge >= 0.3 is 5.97 Å². The number of carbonyl (C=O) groups excluding carboxylic acids is 1. The Balaban J connectivity index is 2.15. The number of carboxylic acids is 1. The van der Waals surface area contributed by atoms with Crippen molar-refractivity contribution >= 4 is 51.5 Å². The number of carboxylic acid groups (broad SMARTS) is 1. The molecule has 0 spiro atoms. The van der Waals surface area contributed by atoms with Crippen molar-refractivity contribution < 1.29 is 28.0 Å². The molecular weight excluding hydrogens is 563 g/mol. The second kappa shape index (κ2) is 14.9. The number of nitrogens with one attached hydrogen (secondary N) is 1. The molecule has 0 fully saturated rings. The zero-order valence-corrected chi connectivity index (χ0v) is 26.1. The molecule has 3 rings (SSSR count). The topological polar surface area (TPSA) is 95.9 Å². The summed E-state index contributed by atoms with van der Waals surface area (Å²) in [5.74, 6) is -2.60. The molecule has 224 valence electrons. The van der Waals surface area contributed by atoms with Crippen LogP contribution in [0.1, 0.15) is 66.2 Å². The van der Waals surface area contributed by atoms with Gasteiger partial charge in [-0.1, -0.05) is 53.4 Å². The number of unbranched alkanes of at least 4 members (excludes halogenated alkanes) is 2. The van der Waals surface area contributed by atoms with Crippen LogP contribution in [0.5, 0.6) is 5.75 Å². The fourth-order valence-corrected chi connectivity index (χ4v) is 7.21. The largest absolute Gasteiger partial charge is 0.476 e. The van der Waals surface area contributed by atoms with Crippen molar-refractivity contribution in [2.24, 2.45) is 11.3 Å². The van der Waals surface area contributed by atoms with Crippen LogP contribution in [0.15, 0.2) is 58.3 Å². The molecule has 1 aliphatic rings. The van der Waals surface area contributed by atoms with Gasteiger partial charge in [-0.15, -0.1) is 11.8 Å². The summed E-state index contributed by atoms with van der Waals surface area (Å²) in [6.45, 7) is 8.69. The first-order valence-electron chi connectivity index (χ1n) is 14.1. The average Bonchev–Trinajstić information content (AvgIpc) is 3.07. The lowest BCUT2D eigenvalue weighted by molar-refractivity contribution is -0.134. The van der Waals surface area contributed by atoms with E-state index in [1.54, 1.807) is 6.07 Å². The fourth-order valence-electron chi connectivity index (χ4n) is 4.94. The standard InChI is InChI=1S/C31H41FN2O5S2/c1-6-8-14-31(15-9-7-2)19-34(23-12-10-22(11-13-23)33-29(35)21(3)4)25-16-27(40-5)26(17-28(25)41(38)20-31)39-18-24(32)30(36)37/h10-13,16-18,21H,6-9,14-15,19-20H2,1-5H3,(H,33,35)(H,36,37)/b24-18-. The van der Waals surface area contributed by atoms with E-state index in [1.807, 2.05) is 50.4 Å². The third-order valence-corrected chi connectivity index (χ3v) is 9.75. The second-order valence-corrected chi connectivity index (χ2v) is 13.1. The van der Waals surface area contributed by atoms with E-state index < -0.39 is 22.6 Å². The predicted octanol–water partition coefficient (Wildman–Crippen LogP) is 7.90. The number of ether oxygens (including phenoxy) is 1. The number of carbonyl (C=O) groups is 2. The maximum absolute atomic E-state index is 14.1. The molecule has 2 aromatic rings. The monoisotopic (exact) mass is 604 g/mol. The van der Waals surface area contributed by atoms with Crippen molar-refractivity contribution in [2.75, 3.05) is 28.8 Å². The fraction of sp³-hybridized carbons (Fsp3) is 0.484. The lowest BCUT2D eigenvalue weighted by atomic mass is 9.79. The number of aliphatic carboxylic acids is 1. The third-order valence-electron chi connectivity index (χ3n) is 7.30. The normalized spacial score (nSPS) is 16.7. The molecule has 0 radical (unpaired) electrons. The number of benzene rings is 2. The number of rotatable bonds is 13. The van der Waals surface area contributed by atoms with E-state index >= 15 is 0 Å². The Morgan fingerprint density at radius 3 is 2.34 bits per heavy atom. The summed E-state index contributed by atoms with van der Waals surface area (Å²) in [4.78, 5) is 26.6. The molecule has 10 heteroatoms. The zero-order valence-electron chi connectivity index (χ0n) is 24.5. The molecule has 0 aliphatic carbocycles. The minimum atomic E-state index is -1.72. The average molecular weight is 605 g/mol. The number of hydrogen-bond donors (Lipinski definition) is 2. The molecule has 1 amide bonds. The van der Waals surface area contributed by atoms with Crippen LogP contribution >= 0.6 is 11.8 Å². The highest BCUT2D eigenvalue weighted by molar-refractivity contribution is 7.98. The van der Waals surface area contributed by atoms with Gasteiger partial charge in [-0.3, -0.25) is 9.00 Å². The molecule has 2 aromatic carbocycles. The van der Waals surface area contributed by atoms with Gasteiger partial charge in [-0.25, -0.2) is 4.79 Å². The summed E-state index contributed by atoms with van der Waals surface area (Å²) in [6, 6.07) is 11.2. The highest BCUT2D eigenvalue weighted by Crippen LogP contribution is 2.47. The summed E-state index contributed by atoms with van der Waals surface area (Å²) in [6.07, 6.45) is 8.41. The van der Waals surface area contributed by atoms with Gasteiger partial charge in [0, 0.05) is 41.1 Å². The summed E-state index contributed by atoms with van der Waals surface area (Å²) < 4.78 is 33.3. The van der Waals surface area contributed by atoms with Crippen LogP contribution in [0.3, 0.4) is 0 Å². The summed E-state index contributed by atoms with van der Waals surface area (Å²) in [5, 5.41) is 11.8. The van der Waals surface area contributed by atoms with Crippen LogP contribution in [0.25, 0.3) is 0 Å². The Bertz CT molecular complexity index is 1270. The molecule has 0 aromatic heterocycles. The summed E-state index contributed by atoms with van der Waals surface area (Å²) in [7, 11) is -1.38. The number of hydrogen-bond acceptors (Lipinski definition) is 6. The Morgan fingerprint density at radius 1 is 1.17 bits per heavy atom. The Hall–Kier alpha value is -2.85. The molecule has 7 nitrogen and oxygen atoms in total. The number of fused-ring (bicyclic) bond motifs is 1. The summed E-state index contributed by atoms with van der Waals surface area (Å²) in [5.41, 5.74) is 2.19. The molecule has 0 bridgehead atoms. The van der Waals surface area contributed by atoms with Crippen LogP contribution in [0, 0.1) is 11.3 Å². The second-order valence-electron chi connectivity index (χ2n) is 10.8. The summed E-state index contributed by atoms with van der Waals surface area (Å²) >= 11 is 1.38. The number of amides is 1. The lowest BCUT2D eigenvalue weighted by Gasteiger charge is -2.37. The van der Waals surface area contributed by atoms with Gasteiger partial charge in [0.2, 0.25) is 11.7 Å². The maximum atomic E-state index is 14.1. The minimum absolute atomic E-state index is 0.0584. The number of halogens is 1. The van der Waals surface area contributed by atoms with E-state index in [9.17, 15) is 18.2 Å². The lowest BCUT2D eigenvalue weighted by Crippen LogP contribution is -2.37. The van der Waals surface area contributed by atoms with Crippen LogP contribution in [-0.2, 0) is 20.4 Å². The molecule has 1 heterocycles. The van der Waals surface area contributed by atoms with Crippen molar-refractivity contribution in [3.05, 3.63) is 48.5 Å². The van der Waals surface area contributed by atoms with E-state index in [1.165, 1.54) is 11.8 Å². The molecule has 0 saturated carbocycles. The van der Waals surface area contributed by atoms with E-state index in [-0.39, 0.29) is 23.0 Å². The minimum Gasteiger partial charge on any atom is -0.476 e. The van der Waals surface area contributed by atoms with Crippen molar-refractivity contribution in [3.63, 3.8) is 0 Å².